The van der Waals surface area contributed by atoms with E-state index in [2.05, 4.69) is 5.32 Å². The second kappa shape index (κ2) is 6.09. The summed E-state index contributed by atoms with van der Waals surface area (Å²) < 4.78 is 38.8. The quantitative estimate of drug-likeness (QED) is 0.790. The molecule has 1 rings (SSSR count). The summed E-state index contributed by atoms with van der Waals surface area (Å²) in [6.45, 7) is 0.547. The van der Waals surface area contributed by atoms with Crippen LogP contribution in [0.4, 0.5) is 4.39 Å². The van der Waals surface area contributed by atoms with Crippen molar-refractivity contribution in [3.63, 3.8) is 0 Å². The Morgan fingerprint density at radius 2 is 2.11 bits per heavy atom. The van der Waals surface area contributed by atoms with Gasteiger partial charge in [0.2, 0.25) is 10.0 Å². The molecule has 6 nitrogen and oxygen atoms in total. The topological polar surface area (TPSA) is 86.7 Å². The van der Waals surface area contributed by atoms with Crippen LogP contribution in [-0.4, -0.2) is 51.0 Å². The summed E-state index contributed by atoms with van der Waals surface area (Å²) in [5.41, 5.74) is -0.276. The van der Waals surface area contributed by atoms with Crippen molar-refractivity contribution in [3.8, 4) is 0 Å². The van der Waals surface area contributed by atoms with E-state index < -0.39 is 26.7 Å². The summed E-state index contributed by atoms with van der Waals surface area (Å²) in [5, 5.41) is 11.6. The van der Waals surface area contributed by atoms with Gasteiger partial charge in [0.1, 0.15) is 10.7 Å². The Hall–Kier alpha value is -1.51. The van der Waals surface area contributed by atoms with Crippen molar-refractivity contribution in [2.75, 3.05) is 27.2 Å². The smallest absolute Gasteiger partial charge is 0.335 e. The third-order valence-electron chi connectivity index (χ3n) is 2.54. The molecule has 0 saturated heterocycles. The molecule has 0 aromatic heterocycles. The first kappa shape index (κ1) is 15.5. The number of hydrogen-bond donors (Lipinski definition) is 2. The summed E-state index contributed by atoms with van der Waals surface area (Å²) in [7, 11) is -1.08. The SMILES string of the molecule is CNCCN(C)S(=O)(=O)c1cc(C(=O)O)ccc1F. The molecule has 0 unspecified atom stereocenters. The lowest BCUT2D eigenvalue weighted by Crippen LogP contribution is -2.33. The maximum atomic E-state index is 13.6. The van der Waals surface area contributed by atoms with Crippen LogP contribution in [-0.2, 0) is 10.0 Å². The number of carboxylic acids is 1. The van der Waals surface area contributed by atoms with E-state index in [1.807, 2.05) is 0 Å². The molecule has 0 fully saturated rings. The minimum Gasteiger partial charge on any atom is -0.478 e. The Kier molecular flexibility index (Phi) is 4.98. The van der Waals surface area contributed by atoms with Gasteiger partial charge in [0.15, 0.2) is 0 Å². The standard InChI is InChI=1S/C11H15FN2O4S/c1-13-5-6-14(2)19(17,18)10-7-8(11(15)16)3-4-9(10)12/h3-4,7,13H,5-6H2,1-2H3,(H,15,16). The number of carbonyl (C=O) groups is 1. The third-order valence-corrected chi connectivity index (χ3v) is 4.41. The van der Waals surface area contributed by atoms with Crippen LogP contribution in [0, 0.1) is 5.82 Å². The minimum atomic E-state index is -4.04. The number of carboxylic acid groups (broad SMARTS) is 1. The average molecular weight is 290 g/mol. The number of nitrogens with one attached hydrogen (secondary N) is 1. The molecule has 0 aliphatic carbocycles. The van der Waals surface area contributed by atoms with Gasteiger partial charge in [0, 0.05) is 20.1 Å². The van der Waals surface area contributed by atoms with Gasteiger partial charge in [0.25, 0.3) is 0 Å². The van der Waals surface area contributed by atoms with E-state index in [0.717, 1.165) is 22.5 Å². The largest absolute Gasteiger partial charge is 0.478 e. The van der Waals surface area contributed by atoms with Gasteiger partial charge in [-0.05, 0) is 25.2 Å². The lowest BCUT2D eigenvalue weighted by molar-refractivity contribution is 0.0696. The molecule has 0 heterocycles. The van der Waals surface area contributed by atoms with Crippen LogP contribution in [0.25, 0.3) is 0 Å². The lowest BCUT2D eigenvalue weighted by atomic mass is 10.2. The van der Waals surface area contributed by atoms with Crippen molar-refractivity contribution in [1.82, 2.24) is 9.62 Å². The lowest BCUT2D eigenvalue weighted by Gasteiger charge is -2.17. The fraction of sp³-hybridized carbons (Fsp3) is 0.364. The van der Waals surface area contributed by atoms with Gasteiger partial charge in [-0.3, -0.25) is 0 Å². The number of aromatic carboxylic acids is 1. The Bertz CT molecular complexity index is 574. The summed E-state index contributed by atoms with van der Waals surface area (Å²) >= 11 is 0. The highest BCUT2D eigenvalue weighted by molar-refractivity contribution is 7.89. The molecule has 0 radical (unpaired) electrons. The Balaban J connectivity index is 3.20. The van der Waals surface area contributed by atoms with E-state index in [9.17, 15) is 17.6 Å². The van der Waals surface area contributed by atoms with E-state index in [1.165, 1.54) is 7.05 Å². The zero-order valence-corrected chi connectivity index (χ0v) is 11.4. The summed E-state index contributed by atoms with van der Waals surface area (Å²) in [4.78, 5) is 10.2. The second-order valence-electron chi connectivity index (χ2n) is 3.88. The van der Waals surface area contributed by atoms with Gasteiger partial charge in [0.05, 0.1) is 5.56 Å². The van der Waals surface area contributed by atoms with Crippen LogP contribution < -0.4 is 5.32 Å². The van der Waals surface area contributed by atoms with Crippen LogP contribution in [0.2, 0.25) is 0 Å². The summed E-state index contributed by atoms with van der Waals surface area (Å²) in [5.74, 6) is -2.28. The number of hydrogen-bond acceptors (Lipinski definition) is 4. The zero-order valence-electron chi connectivity index (χ0n) is 10.6. The number of sulfonamides is 1. The molecular formula is C11H15FN2O4S. The fourth-order valence-electron chi connectivity index (χ4n) is 1.39. The van der Waals surface area contributed by atoms with Crippen molar-refractivity contribution in [3.05, 3.63) is 29.6 Å². The van der Waals surface area contributed by atoms with Crippen LogP contribution in [0.3, 0.4) is 0 Å². The van der Waals surface area contributed by atoms with Gasteiger partial charge in [-0.1, -0.05) is 0 Å². The molecule has 19 heavy (non-hydrogen) atoms. The monoisotopic (exact) mass is 290 g/mol. The van der Waals surface area contributed by atoms with Crippen molar-refractivity contribution < 1.29 is 22.7 Å². The molecule has 106 valence electrons. The van der Waals surface area contributed by atoms with E-state index in [0.29, 0.717) is 6.54 Å². The molecule has 0 atom stereocenters. The summed E-state index contributed by atoms with van der Waals surface area (Å²) in [6.07, 6.45) is 0. The molecule has 8 heteroatoms. The van der Waals surface area contributed by atoms with Gasteiger partial charge in [-0.2, -0.15) is 4.31 Å². The van der Waals surface area contributed by atoms with Crippen LogP contribution in [0.1, 0.15) is 10.4 Å². The van der Waals surface area contributed by atoms with Crippen molar-refractivity contribution in [2.45, 2.75) is 4.90 Å². The first-order chi connectivity index (χ1) is 8.80. The molecule has 1 aromatic carbocycles. The predicted octanol–water partition coefficient (Wildman–Crippen LogP) is 0.364. The maximum absolute atomic E-state index is 13.6. The van der Waals surface area contributed by atoms with Crippen molar-refractivity contribution in [1.29, 1.82) is 0 Å². The highest BCUT2D eigenvalue weighted by Gasteiger charge is 2.25. The van der Waals surface area contributed by atoms with Crippen molar-refractivity contribution >= 4 is 16.0 Å². The van der Waals surface area contributed by atoms with Crippen LogP contribution in [0.5, 0.6) is 0 Å². The zero-order chi connectivity index (χ0) is 14.6. The highest BCUT2D eigenvalue weighted by atomic mass is 32.2. The molecule has 0 amide bonds. The maximum Gasteiger partial charge on any atom is 0.335 e. The number of nitrogens with zero attached hydrogens (tertiary/aromatic N) is 1. The first-order valence-electron chi connectivity index (χ1n) is 5.44. The number of likely N-dealkylation sites (N-methyl/N-ethyl adjacent to an activating group) is 2. The molecule has 1 aromatic rings. The molecule has 0 aliphatic heterocycles. The Labute approximate surface area is 110 Å². The molecular weight excluding hydrogens is 275 g/mol. The molecule has 0 aliphatic rings. The van der Waals surface area contributed by atoms with E-state index in [1.54, 1.807) is 7.05 Å². The highest BCUT2D eigenvalue weighted by Crippen LogP contribution is 2.19. The third kappa shape index (κ3) is 3.49. The minimum absolute atomic E-state index is 0.148. The average Bonchev–Trinajstić information content (AvgIpc) is 2.35. The van der Waals surface area contributed by atoms with E-state index in [-0.39, 0.29) is 12.1 Å². The first-order valence-corrected chi connectivity index (χ1v) is 6.88. The van der Waals surface area contributed by atoms with Gasteiger partial charge >= 0.3 is 5.97 Å². The van der Waals surface area contributed by atoms with E-state index >= 15 is 0 Å². The van der Waals surface area contributed by atoms with Gasteiger partial charge in [-0.15, -0.1) is 0 Å². The van der Waals surface area contributed by atoms with Crippen LogP contribution in [0.15, 0.2) is 23.1 Å². The molecule has 0 bridgehead atoms. The normalized spacial score (nSPS) is 11.8. The second-order valence-corrected chi connectivity index (χ2v) is 5.89. The van der Waals surface area contributed by atoms with Crippen molar-refractivity contribution in [2.24, 2.45) is 0 Å². The molecule has 2 N–H and O–H groups in total. The number of benzene rings is 1. The fourth-order valence-corrected chi connectivity index (χ4v) is 2.65. The van der Waals surface area contributed by atoms with Gasteiger partial charge in [-0.25, -0.2) is 17.6 Å². The van der Waals surface area contributed by atoms with Gasteiger partial charge < -0.3 is 10.4 Å². The number of halogens is 1. The predicted molar refractivity (Wildman–Crippen MR) is 67.1 cm³/mol. The molecule has 0 spiro atoms. The summed E-state index contributed by atoms with van der Waals surface area (Å²) in [6, 6.07) is 2.68. The van der Waals surface area contributed by atoms with E-state index in [4.69, 9.17) is 5.11 Å². The van der Waals surface area contributed by atoms with Crippen LogP contribution >= 0.6 is 0 Å². The molecule has 0 saturated carbocycles. The number of rotatable bonds is 6. The Morgan fingerprint density at radius 1 is 1.47 bits per heavy atom. The Morgan fingerprint density at radius 3 is 2.63 bits per heavy atom.